The quantitative estimate of drug-likeness (QED) is 0.378. The summed E-state index contributed by atoms with van der Waals surface area (Å²) in [6, 6.07) is 24.2. The summed E-state index contributed by atoms with van der Waals surface area (Å²) in [4.78, 5) is 35.9. The van der Waals surface area contributed by atoms with Crippen molar-refractivity contribution in [3.05, 3.63) is 100 Å². The Morgan fingerprint density at radius 1 is 0.974 bits per heavy atom. The van der Waals surface area contributed by atoms with Crippen molar-refractivity contribution in [1.29, 1.82) is 0 Å². The molecule has 1 aromatic heterocycles. The first kappa shape index (κ1) is 25.7. The van der Waals surface area contributed by atoms with Crippen LogP contribution in [-0.4, -0.2) is 43.6 Å². The number of nitrogens with zero attached hydrogens (tertiary/aromatic N) is 2. The van der Waals surface area contributed by atoms with E-state index in [4.69, 9.17) is 0 Å². The van der Waals surface area contributed by atoms with Gasteiger partial charge in [-0.2, -0.15) is 0 Å². The molecule has 0 bridgehead atoms. The number of rotatable bonds is 7. The first-order valence-electron chi connectivity index (χ1n) is 12.6. The molecular formula is C29H30N4O4S. The molecule has 1 aliphatic heterocycles. The number of benzene rings is 3. The molecule has 3 aromatic carbocycles. The lowest BCUT2D eigenvalue weighted by atomic mass is 9.73. The zero-order chi connectivity index (χ0) is 26.8. The Labute approximate surface area is 221 Å². The Bertz CT molecular complexity index is 1610. The van der Waals surface area contributed by atoms with Crippen LogP contribution in [0.1, 0.15) is 24.0 Å². The number of anilines is 1. The van der Waals surface area contributed by atoms with E-state index in [2.05, 4.69) is 15.3 Å². The number of H-pyrrole nitrogens is 1. The summed E-state index contributed by atoms with van der Waals surface area (Å²) in [5.41, 5.74) is 1.54. The third-order valence-electron chi connectivity index (χ3n) is 7.28. The van der Waals surface area contributed by atoms with Gasteiger partial charge in [0, 0.05) is 25.9 Å². The summed E-state index contributed by atoms with van der Waals surface area (Å²) in [6.07, 6.45) is 2.89. The van der Waals surface area contributed by atoms with Gasteiger partial charge in [-0.25, -0.2) is 13.4 Å². The molecule has 1 amide bonds. The van der Waals surface area contributed by atoms with Gasteiger partial charge in [0.25, 0.3) is 5.56 Å². The van der Waals surface area contributed by atoms with E-state index in [9.17, 15) is 18.0 Å². The van der Waals surface area contributed by atoms with Crippen molar-refractivity contribution in [1.82, 2.24) is 15.3 Å². The molecule has 0 atom stereocenters. The van der Waals surface area contributed by atoms with Crippen molar-refractivity contribution in [2.75, 3.05) is 24.2 Å². The Morgan fingerprint density at radius 3 is 2.24 bits per heavy atom. The van der Waals surface area contributed by atoms with Gasteiger partial charge in [-0.15, -0.1) is 0 Å². The number of aromatic amines is 1. The minimum Gasteiger partial charge on any atom is -0.352 e. The number of sulfone groups is 1. The number of carbonyl (C=O) groups is 1. The molecule has 4 aromatic rings. The van der Waals surface area contributed by atoms with Crippen molar-refractivity contribution in [2.24, 2.45) is 5.41 Å². The summed E-state index contributed by atoms with van der Waals surface area (Å²) in [6.45, 7) is 1.50. The monoisotopic (exact) mass is 530 g/mol. The summed E-state index contributed by atoms with van der Waals surface area (Å²) in [7, 11) is -3.44. The maximum absolute atomic E-state index is 13.6. The van der Waals surface area contributed by atoms with Crippen molar-refractivity contribution >= 4 is 32.6 Å². The molecule has 0 spiro atoms. The third kappa shape index (κ3) is 5.47. The van der Waals surface area contributed by atoms with Crippen LogP contribution in [0.25, 0.3) is 10.9 Å². The van der Waals surface area contributed by atoms with Crippen LogP contribution in [0.2, 0.25) is 0 Å². The molecule has 1 fully saturated rings. The normalized spacial score (nSPS) is 15.3. The molecule has 0 radical (unpaired) electrons. The maximum Gasteiger partial charge on any atom is 0.260 e. The molecule has 5 rings (SSSR count). The number of carbonyl (C=O) groups excluding carboxylic acids is 1. The van der Waals surface area contributed by atoms with Gasteiger partial charge in [-0.1, -0.05) is 60.7 Å². The smallest absolute Gasteiger partial charge is 0.260 e. The van der Waals surface area contributed by atoms with E-state index >= 15 is 0 Å². The Kier molecular flexibility index (Phi) is 7.03. The molecule has 9 heteroatoms. The van der Waals surface area contributed by atoms with Crippen LogP contribution < -0.4 is 15.8 Å². The van der Waals surface area contributed by atoms with Crippen LogP contribution in [0, 0.1) is 5.41 Å². The molecule has 1 aliphatic rings. The number of aromatic nitrogens is 2. The fourth-order valence-corrected chi connectivity index (χ4v) is 5.71. The van der Waals surface area contributed by atoms with Crippen molar-refractivity contribution in [2.45, 2.75) is 30.7 Å². The number of hydrogen-bond donors (Lipinski definition) is 2. The van der Waals surface area contributed by atoms with Crippen LogP contribution >= 0.6 is 0 Å². The standard InChI is InChI=1S/C29H30N4O4S/c1-38(36,37)23-12-13-24-25(18-23)31-28(32-26(24)34)33-16-14-29(15-17-33,19-21-8-4-2-5-9-21)27(35)30-20-22-10-6-3-7-11-22/h2-13,18H,14-17,19-20H2,1H3,(H,30,35)(H,31,32,34). The average molecular weight is 531 g/mol. The van der Waals surface area contributed by atoms with Crippen molar-refractivity contribution < 1.29 is 13.2 Å². The zero-order valence-electron chi connectivity index (χ0n) is 21.2. The van der Waals surface area contributed by atoms with Gasteiger partial charge in [-0.3, -0.25) is 14.6 Å². The first-order valence-corrected chi connectivity index (χ1v) is 14.5. The molecule has 2 heterocycles. The van der Waals surface area contributed by atoms with E-state index in [1.54, 1.807) is 0 Å². The molecule has 38 heavy (non-hydrogen) atoms. The van der Waals surface area contributed by atoms with E-state index in [-0.39, 0.29) is 16.4 Å². The Balaban J connectivity index is 1.39. The molecule has 1 saturated heterocycles. The minimum absolute atomic E-state index is 0.0163. The Hall–Kier alpha value is -3.98. The first-order chi connectivity index (χ1) is 18.2. The third-order valence-corrected chi connectivity index (χ3v) is 8.39. The predicted octanol–water partition coefficient (Wildman–Crippen LogP) is 3.47. The number of nitrogens with one attached hydrogen (secondary N) is 2. The van der Waals surface area contributed by atoms with Crippen LogP contribution in [0.5, 0.6) is 0 Å². The lowest BCUT2D eigenvalue weighted by Crippen LogP contribution is -2.50. The average Bonchev–Trinajstić information content (AvgIpc) is 2.92. The molecule has 8 nitrogen and oxygen atoms in total. The van der Waals surface area contributed by atoms with E-state index in [0.717, 1.165) is 17.4 Å². The summed E-state index contributed by atoms with van der Waals surface area (Å²) >= 11 is 0. The van der Waals surface area contributed by atoms with Crippen LogP contribution in [0.15, 0.2) is 88.6 Å². The second-order valence-electron chi connectivity index (χ2n) is 9.94. The van der Waals surface area contributed by atoms with Gasteiger partial charge < -0.3 is 10.2 Å². The van der Waals surface area contributed by atoms with Gasteiger partial charge in [0.2, 0.25) is 11.9 Å². The second-order valence-corrected chi connectivity index (χ2v) is 12.0. The lowest BCUT2D eigenvalue weighted by Gasteiger charge is -2.41. The highest BCUT2D eigenvalue weighted by Gasteiger charge is 2.41. The fraction of sp³-hybridized carbons (Fsp3) is 0.276. The van der Waals surface area contributed by atoms with Gasteiger partial charge in [0.05, 0.1) is 21.2 Å². The Morgan fingerprint density at radius 2 is 1.61 bits per heavy atom. The molecule has 0 saturated carbocycles. The topological polar surface area (TPSA) is 112 Å². The summed E-state index contributed by atoms with van der Waals surface area (Å²) in [5.74, 6) is 0.397. The molecular weight excluding hydrogens is 500 g/mol. The second kappa shape index (κ2) is 10.4. The largest absolute Gasteiger partial charge is 0.352 e. The minimum atomic E-state index is -3.44. The van der Waals surface area contributed by atoms with E-state index < -0.39 is 15.3 Å². The predicted molar refractivity (Wildman–Crippen MR) is 148 cm³/mol. The van der Waals surface area contributed by atoms with Crippen molar-refractivity contribution in [3.8, 4) is 0 Å². The molecule has 2 N–H and O–H groups in total. The summed E-state index contributed by atoms with van der Waals surface area (Å²) < 4.78 is 24.0. The zero-order valence-corrected chi connectivity index (χ0v) is 22.0. The highest BCUT2D eigenvalue weighted by atomic mass is 32.2. The number of amides is 1. The molecule has 0 unspecified atom stereocenters. The van der Waals surface area contributed by atoms with Gasteiger partial charge >= 0.3 is 0 Å². The van der Waals surface area contributed by atoms with E-state index in [0.29, 0.717) is 55.7 Å². The maximum atomic E-state index is 13.6. The highest BCUT2D eigenvalue weighted by molar-refractivity contribution is 7.90. The molecule has 196 valence electrons. The SMILES string of the molecule is CS(=O)(=O)c1ccc2c(=O)[nH]c(N3CCC(Cc4ccccc4)(C(=O)NCc4ccccc4)CC3)nc2c1. The lowest BCUT2D eigenvalue weighted by molar-refractivity contribution is -0.132. The van der Waals surface area contributed by atoms with E-state index in [1.165, 1.54) is 18.2 Å². The summed E-state index contributed by atoms with van der Waals surface area (Å²) in [5, 5.41) is 3.48. The molecule has 0 aliphatic carbocycles. The van der Waals surface area contributed by atoms with Gasteiger partial charge in [0.1, 0.15) is 0 Å². The number of hydrogen-bond acceptors (Lipinski definition) is 6. The van der Waals surface area contributed by atoms with Gasteiger partial charge in [-0.05, 0) is 48.6 Å². The number of piperidine rings is 1. The highest BCUT2D eigenvalue weighted by Crippen LogP contribution is 2.37. The fourth-order valence-electron chi connectivity index (χ4n) is 5.07. The van der Waals surface area contributed by atoms with Gasteiger partial charge in [0.15, 0.2) is 9.84 Å². The van der Waals surface area contributed by atoms with Crippen LogP contribution in [-0.2, 0) is 27.6 Å². The van der Waals surface area contributed by atoms with Crippen LogP contribution in [0.3, 0.4) is 0 Å². The van der Waals surface area contributed by atoms with Crippen LogP contribution in [0.4, 0.5) is 5.95 Å². The van der Waals surface area contributed by atoms with E-state index in [1.807, 2.05) is 65.6 Å². The number of fused-ring (bicyclic) bond motifs is 1. The van der Waals surface area contributed by atoms with Crippen molar-refractivity contribution in [3.63, 3.8) is 0 Å².